The van der Waals surface area contributed by atoms with Gasteiger partial charge in [-0.25, -0.2) is 4.79 Å². The SMILES string of the molecule is CC(C)(C)[Si](C)(C)OC[C@H]1O[C@@H](c2c[nH]c(=O)[nH]c2=O)[C@H](O[Si](C)(C)C(C)(C)C)[C@@H]1O[Si](C)(C)C(C)(C)C. The predicted octanol–water partition coefficient (Wildman–Crippen LogP) is 6.31. The summed E-state index contributed by atoms with van der Waals surface area (Å²) in [7, 11) is -6.68. The van der Waals surface area contributed by atoms with Crippen LogP contribution in [0.25, 0.3) is 0 Å². The Morgan fingerprint density at radius 2 is 1.21 bits per heavy atom. The summed E-state index contributed by atoms with van der Waals surface area (Å²) >= 11 is 0. The van der Waals surface area contributed by atoms with Crippen molar-refractivity contribution < 1.29 is 18.0 Å². The molecule has 0 amide bonds. The largest absolute Gasteiger partial charge is 0.414 e. The van der Waals surface area contributed by atoms with E-state index < -0.39 is 60.6 Å². The van der Waals surface area contributed by atoms with E-state index in [1.807, 2.05) is 0 Å². The highest BCUT2D eigenvalue weighted by Crippen LogP contribution is 2.47. The van der Waals surface area contributed by atoms with Crippen LogP contribution < -0.4 is 11.2 Å². The Kier molecular flexibility index (Phi) is 9.54. The molecule has 2 N–H and O–H groups in total. The summed E-state index contributed by atoms with van der Waals surface area (Å²) in [6.07, 6.45) is -0.623. The standard InChI is InChI=1S/C27H54N2O6Si3/c1-25(2,3)36(10,11)32-17-19-21(34-37(12,13)26(4,5)6)22(35-38(14,15)27(7,8)9)20(33-19)18-16-28-24(31)29-23(18)30/h16,19-22H,17H2,1-15H3,(H2,28,29,30,31)/t19-,20+,21-,22+/m1/s1. The summed E-state index contributed by atoms with van der Waals surface area (Å²) in [5.41, 5.74) is -0.683. The Balaban J connectivity index is 2.65. The Morgan fingerprint density at radius 1 is 0.763 bits per heavy atom. The monoisotopic (exact) mass is 586 g/mol. The van der Waals surface area contributed by atoms with Gasteiger partial charge in [-0.3, -0.25) is 9.78 Å². The smallest absolute Gasteiger partial charge is 0.325 e. The number of aromatic nitrogens is 2. The van der Waals surface area contributed by atoms with Crippen molar-refractivity contribution in [3.8, 4) is 0 Å². The maximum atomic E-state index is 13.0. The van der Waals surface area contributed by atoms with Crippen LogP contribution in [0.1, 0.15) is 74.0 Å². The molecule has 220 valence electrons. The molecule has 38 heavy (non-hydrogen) atoms. The molecule has 0 unspecified atom stereocenters. The van der Waals surface area contributed by atoms with Gasteiger partial charge in [0, 0.05) is 6.20 Å². The van der Waals surface area contributed by atoms with Crippen molar-refractivity contribution in [3.63, 3.8) is 0 Å². The first kappa shape index (κ1) is 33.4. The van der Waals surface area contributed by atoms with Crippen molar-refractivity contribution in [3.05, 3.63) is 32.6 Å². The van der Waals surface area contributed by atoms with Crippen LogP contribution in [0.15, 0.2) is 15.8 Å². The van der Waals surface area contributed by atoms with Gasteiger partial charge in [-0.2, -0.15) is 0 Å². The van der Waals surface area contributed by atoms with Gasteiger partial charge in [-0.05, 0) is 54.4 Å². The molecule has 11 heteroatoms. The minimum absolute atomic E-state index is 0.0348. The molecule has 1 saturated heterocycles. The maximum Gasteiger partial charge on any atom is 0.325 e. The van der Waals surface area contributed by atoms with E-state index in [1.54, 1.807) is 0 Å². The molecule has 2 rings (SSSR count). The van der Waals surface area contributed by atoms with E-state index in [1.165, 1.54) is 6.20 Å². The van der Waals surface area contributed by atoms with Crippen molar-refractivity contribution in [2.45, 2.75) is 141 Å². The number of hydrogen-bond acceptors (Lipinski definition) is 6. The van der Waals surface area contributed by atoms with Crippen molar-refractivity contribution >= 4 is 25.0 Å². The van der Waals surface area contributed by atoms with E-state index in [0.29, 0.717) is 12.2 Å². The lowest BCUT2D eigenvalue weighted by molar-refractivity contribution is -0.0178. The van der Waals surface area contributed by atoms with E-state index in [2.05, 4.69) is 112 Å². The summed E-state index contributed by atoms with van der Waals surface area (Å²) in [6.45, 7) is 33.5. The number of rotatable bonds is 8. The third-order valence-electron chi connectivity index (χ3n) is 9.35. The molecule has 0 aliphatic carbocycles. The highest BCUT2D eigenvalue weighted by atomic mass is 28.4. The van der Waals surface area contributed by atoms with Crippen LogP contribution in [-0.2, 0) is 18.0 Å². The maximum absolute atomic E-state index is 13.0. The van der Waals surface area contributed by atoms with Crippen molar-refractivity contribution in [1.82, 2.24) is 9.97 Å². The second-order valence-electron chi connectivity index (χ2n) is 15.4. The second-order valence-corrected chi connectivity index (χ2v) is 29.7. The Morgan fingerprint density at radius 3 is 1.63 bits per heavy atom. The number of ether oxygens (including phenoxy) is 1. The van der Waals surface area contributed by atoms with Gasteiger partial charge in [-0.1, -0.05) is 62.3 Å². The van der Waals surface area contributed by atoms with Crippen LogP contribution in [0.3, 0.4) is 0 Å². The fraction of sp³-hybridized carbons (Fsp3) is 0.852. The first-order chi connectivity index (χ1) is 16.8. The molecule has 1 fully saturated rings. The molecule has 0 radical (unpaired) electrons. The molecule has 4 atom stereocenters. The fourth-order valence-corrected chi connectivity index (χ4v) is 7.18. The summed E-state index contributed by atoms with van der Waals surface area (Å²) < 4.78 is 27.4. The molecule has 1 aliphatic heterocycles. The Labute approximate surface area is 233 Å². The molecule has 1 aliphatic rings. The van der Waals surface area contributed by atoms with Gasteiger partial charge in [0.1, 0.15) is 24.4 Å². The average Bonchev–Trinajstić information content (AvgIpc) is 3.00. The zero-order chi connectivity index (χ0) is 29.7. The molecule has 0 aromatic carbocycles. The minimum atomic E-state index is -2.32. The molecule has 8 nitrogen and oxygen atoms in total. The van der Waals surface area contributed by atoms with Crippen LogP contribution in [0, 0.1) is 0 Å². The summed E-state index contributed by atoms with van der Waals surface area (Å²) in [4.78, 5) is 29.8. The van der Waals surface area contributed by atoms with Crippen LogP contribution in [0.2, 0.25) is 54.4 Å². The lowest BCUT2D eigenvalue weighted by Crippen LogP contribution is -2.54. The molecule has 1 aromatic rings. The first-order valence-electron chi connectivity index (χ1n) is 13.8. The van der Waals surface area contributed by atoms with E-state index in [0.717, 1.165) is 0 Å². The summed E-state index contributed by atoms with van der Waals surface area (Å²) in [5, 5.41) is -0.0625. The van der Waals surface area contributed by atoms with E-state index in [9.17, 15) is 9.59 Å². The van der Waals surface area contributed by atoms with Gasteiger partial charge in [0.05, 0.1) is 12.2 Å². The Bertz CT molecular complexity index is 1080. The average molecular weight is 587 g/mol. The molecule has 0 saturated carbocycles. The lowest BCUT2D eigenvalue weighted by Gasteiger charge is -2.44. The third-order valence-corrected chi connectivity index (χ3v) is 22.8. The van der Waals surface area contributed by atoms with Gasteiger partial charge < -0.3 is 23.0 Å². The molecule has 0 spiro atoms. The van der Waals surface area contributed by atoms with Crippen molar-refractivity contribution in [2.75, 3.05) is 6.61 Å². The molecule has 2 heterocycles. The molecule has 0 bridgehead atoms. The number of nitrogens with one attached hydrogen (secondary N) is 2. The normalized spacial score (nSPS) is 24.2. The molecule has 1 aromatic heterocycles. The van der Waals surface area contributed by atoms with Crippen molar-refractivity contribution in [2.24, 2.45) is 0 Å². The van der Waals surface area contributed by atoms with E-state index in [-0.39, 0.29) is 15.1 Å². The second kappa shape index (κ2) is 10.9. The zero-order valence-electron chi connectivity index (χ0n) is 26.5. The van der Waals surface area contributed by atoms with Gasteiger partial charge in [0.2, 0.25) is 0 Å². The van der Waals surface area contributed by atoms with Gasteiger partial charge in [-0.15, -0.1) is 0 Å². The van der Waals surface area contributed by atoms with E-state index >= 15 is 0 Å². The quantitative estimate of drug-likeness (QED) is 0.346. The number of aromatic amines is 2. The summed E-state index contributed by atoms with van der Waals surface area (Å²) in [5.74, 6) is 0. The van der Waals surface area contributed by atoms with E-state index in [4.69, 9.17) is 18.0 Å². The predicted molar refractivity (Wildman–Crippen MR) is 163 cm³/mol. The highest BCUT2D eigenvalue weighted by molar-refractivity contribution is 6.75. The minimum Gasteiger partial charge on any atom is -0.414 e. The van der Waals surface area contributed by atoms with Gasteiger partial charge in [0.25, 0.3) is 5.56 Å². The Hall–Kier alpha value is -0.829. The number of H-pyrrole nitrogens is 2. The first-order valence-corrected chi connectivity index (χ1v) is 22.5. The lowest BCUT2D eigenvalue weighted by atomic mass is 10.0. The topological polar surface area (TPSA) is 103 Å². The zero-order valence-corrected chi connectivity index (χ0v) is 29.5. The van der Waals surface area contributed by atoms with Gasteiger partial charge in [0.15, 0.2) is 25.0 Å². The van der Waals surface area contributed by atoms with Crippen LogP contribution in [0.5, 0.6) is 0 Å². The van der Waals surface area contributed by atoms with Crippen LogP contribution in [-0.4, -0.2) is 59.8 Å². The number of hydrogen-bond donors (Lipinski definition) is 2. The van der Waals surface area contributed by atoms with Crippen LogP contribution in [0.4, 0.5) is 0 Å². The fourth-order valence-electron chi connectivity index (χ4n) is 3.56. The third kappa shape index (κ3) is 7.27. The highest BCUT2D eigenvalue weighted by Gasteiger charge is 2.55. The molecular weight excluding hydrogens is 533 g/mol. The van der Waals surface area contributed by atoms with Crippen LogP contribution >= 0.6 is 0 Å². The van der Waals surface area contributed by atoms with Crippen molar-refractivity contribution in [1.29, 1.82) is 0 Å². The van der Waals surface area contributed by atoms with Gasteiger partial charge >= 0.3 is 5.69 Å². The summed E-state index contributed by atoms with van der Waals surface area (Å²) in [6, 6.07) is 0. The molecular formula is C27H54N2O6Si3.